The number of ether oxygens (including phenoxy) is 1. The first kappa shape index (κ1) is 9.78. The molecule has 1 rings (SSSR count). The molecule has 0 aliphatic heterocycles. The maximum atomic E-state index is 11.0. The monoisotopic (exact) mass is 196 g/mol. The Balaban J connectivity index is 2.88. The largest absolute Gasteiger partial charge is 0.465 e. The number of aliphatic hydroxyl groups excluding tert-OH is 1. The molecule has 1 atom stereocenters. The summed E-state index contributed by atoms with van der Waals surface area (Å²) in [6.45, 7) is 0. The summed E-state index contributed by atoms with van der Waals surface area (Å²) >= 11 is 1.13. The van der Waals surface area contributed by atoms with Crippen molar-refractivity contribution in [1.82, 2.24) is 0 Å². The lowest BCUT2D eigenvalue weighted by molar-refractivity contribution is 0.0606. The van der Waals surface area contributed by atoms with E-state index in [9.17, 15) is 9.90 Å². The molecule has 0 amide bonds. The molecule has 0 bridgehead atoms. The zero-order valence-electron chi connectivity index (χ0n) is 6.98. The highest BCUT2D eigenvalue weighted by Crippen LogP contribution is 2.23. The maximum Gasteiger partial charge on any atom is 0.348 e. The lowest BCUT2D eigenvalue weighted by atomic mass is 10.3. The van der Waals surface area contributed by atoms with Crippen LogP contribution in [0.3, 0.4) is 0 Å². The number of rotatable bonds is 2. The molecule has 1 unspecified atom stereocenters. The molecule has 0 fully saturated rings. The van der Waals surface area contributed by atoms with E-state index in [1.165, 1.54) is 7.11 Å². The molecule has 0 radical (unpaired) electrons. The van der Waals surface area contributed by atoms with Crippen LogP contribution in [-0.4, -0.2) is 18.2 Å². The Morgan fingerprint density at radius 3 is 3.00 bits per heavy atom. The SMILES string of the molecule is C#CC(O)c1ccc(C(=O)OC)s1. The lowest BCUT2D eigenvalue weighted by Crippen LogP contribution is -1.96. The fourth-order valence-electron chi connectivity index (χ4n) is 0.792. The van der Waals surface area contributed by atoms with E-state index in [1.807, 2.05) is 0 Å². The minimum absolute atomic E-state index is 0.416. The Labute approximate surface area is 80.0 Å². The summed E-state index contributed by atoms with van der Waals surface area (Å²) in [5.74, 6) is 1.75. The van der Waals surface area contributed by atoms with E-state index in [4.69, 9.17) is 6.42 Å². The van der Waals surface area contributed by atoms with Crippen molar-refractivity contribution in [3.63, 3.8) is 0 Å². The second-order valence-electron chi connectivity index (χ2n) is 2.26. The van der Waals surface area contributed by atoms with Crippen LogP contribution in [0.4, 0.5) is 0 Å². The average Bonchev–Trinajstić information content (AvgIpc) is 2.64. The van der Waals surface area contributed by atoms with Gasteiger partial charge in [0.2, 0.25) is 0 Å². The molecule has 1 aromatic rings. The molecule has 13 heavy (non-hydrogen) atoms. The van der Waals surface area contributed by atoms with Crippen LogP contribution in [0, 0.1) is 12.3 Å². The van der Waals surface area contributed by atoms with Crippen LogP contribution in [0.1, 0.15) is 20.7 Å². The lowest BCUT2D eigenvalue weighted by Gasteiger charge is -1.96. The Hall–Kier alpha value is -1.31. The number of hydrogen-bond acceptors (Lipinski definition) is 4. The van der Waals surface area contributed by atoms with Crippen LogP contribution < -0.4 is 0 Å². The van der Waals surface area contributed by atoms with Gasteiger partial charge in [-0.1, -0.05) is 5.92 Å². The van der Waals surface area contributed by atoms with Crippen molar-refractivity contribution in [3.8, 4) is 12.3 Å². The maximum absolute atomic E-state index is 11.0. The minimum Gasteiger partial charge on any atom is -0.465 e. The van der Waals surface area contributed by atoms with Crippen molar-refractivity contribution >= 4 is 17.3 Å². The number of carbonyl (C=O) groups excluding carboxylic acids is 1. The number of carbonyl (C=O) groups is 1. The van der Waals surface area contributed by atoms with Gasteiger partial charge >= 0.3 is 5.97 Å². The zero-order valence-corrected chi connectivity index (χ0v) is 7.80. The highest BCUT2D eigenvalue weighted by Gasteiger charge is 2.12. The van der Waals surface area contributed by atoms with Crippen LogP contribution in [0.2, 0.25) is 0 Å². The molecular formula is C9H8O3S. The molecule has 0 spiro atoms. The van der Waals surface area contributed by atoms with Gasteiger partial charge in [-0.05, 0) is 12.1 Å². The fourth-order valence-corrected chi connectivity index (χ4v) is 1.66. The van der Waals surface area contributed by atoms with Gasteiger partial charge in [-0.25, -0.2) is 4.79 Å². The number of hydrogen-bond donors (Lipinski definition) is 1. The summed E-state index contributed by atoms with van der Waals surface area (Å²) in [4.78, 5) is 12.0. The second-order valence-corrected chi connectivity index (χ2v) is 3.38. The number of esters is 1. The Bertz CT molecular complexity index is 348. The first-order valence-corrected chi connectivity index (χ1v) is 4.33. The molecule has 1 aromatic heterocycles. The standard InChI is InChI=1S/C9H8O3S/c1-3-6(10)7-4-5-8(13-7)9(11)12-2/h1,4-6,10H,2H3. The Morgan fingerprint density at radius 2 is 2.46 bits per heavy atom. The van der Waals surface area contributed by atoms with Crippen molar-refractivity contribution in [2.75, 3.05) is 7.11 Å². The van der Waals surface area contributed by atoms with E-state index in [2.05, 4.69) is 10.7 Å². The third kappa shape index (κ3) is 2.08. The number of aliphatic hydroxyl groups is 1. The van der Waals surface area contributed by atoms with Gasteiger partial charge in [0.05, 0.1) is 7.11 Å². The van der Waals surface area contributed by atoms with E-state index in [-0.39, 0.29) is 0 Å². The van der Waals surface area contributed by atoms with Crippen LogP contribution >= 0.6 is 11.3 Å². The summed E-state index contributed by atoms with van der Waals surface area (Å²) in [5, 5.41) is 9.22. The van der Waals surface area contributed by atoms with Crippen molar-refractivity contribution in [2.24, 2.45) is 0 Å². The summed E-state index contributed by atoms with van der Waals surface area (Å²) < 4.78 is 4.50. The van der Waals surface area contributed by atoms with Crippen molar-refractivity contribution in [3.05, 3.63) is 21.9 Å². The van der Waals surface area contributed by atoms with Gasteiger partial charge in [0.25, 0.3) is 0 Å². The first-order valence-electron chi connectivity index (χ1n) is 3.51. The zero-order chi connectivity index (χ0) is 9.84. The third-order valence-electron chi connectivity index (χ3n) is 1.44. The fraction of sp³-hybridized carbons (Fsp3) is 0.222. The predicted octanol–water partition coefficient (Wildman–Crippen LogP) is 1.20. The van der Waals surface area contributed by atoms with E-state index in [0.29, 0.717) is 9.75 Å². The molecule has 1 heterocycles. The smallest absolute Gasteiger partial charge is 0.348 e. The van der Waals surface area contributed by atoms with Crippen molar-refractivity contribution in [2.45, 2.75) is 6.10 Å². The molecule has 0 aromatic carbocycles. The van der Waals surface area contributed by atoms with E-state index in [0.717, 1.165) is 11.3 Å². The van der Waals surface area contributed by atoms with Crippen molar-refractivity contribution < 1.29 is 14.6 Å². The number of terminal acetylenes is 1. The molecule has 0 saturated heterocycles. The summed E-state index contributed by atoms with van der Waals surface area (Å²) in [6.07, 6.45) is 4.07. The highest BCUT2D eigenvalue weighted by molar-refractivity contribution is 7.14. The van der Waals surface area contributed by atoms with Gasteiger partial charge in [0.15, 0.2) is 0 Å². The van der Waals surface area contributed by atoms with Gasteiger partial charge in [-0.2, -0.15) is 0 Å². The molecule has 0 saturated carbocycles. The second kappa shape index (κ2) is 4.08. The van der Waals surface area contributed by atoms with Crippen LogP contribution in [-0.2, 0) is 4.74 Å². The van der Waals surface area contributed by atoms with Gasteiger partial charge in [0, 0.05) is 4.88 Å². The summed E-state index contributed by atoms with van der Waals surface area (Å²) in [7, 11) is 1.30. The van der Waals surface area contributed by atoms with Crippen LogP contribution in [0.25, 0.3) is 0 Å². The van der Waals surface area contributed by atoms with Crippen molar-refractivity contribution in [1.29, 1.82) is 0 Å². The van der Waals surface area contributed by atoms with E-state index in [1.54, 1.807) is 12.1 Å². The minimum atomic E-state index is -0.941. The van der Waals surface area contributed by atoms with Gasteiger partial charge < -0.3 is 9.84 Å². The Morgan fingerprint density at radius 1 is 1.77 bits per heavy atom. The quantitative estimate of drug-likeness (QED) is 0.571. The molecule has 0 aliphatic rings. The van der Waals surface area contributed by atoms with Gasteiger partial charge in [0.1, 0.15) is 11.0 Å². The average molecular weight is 196 g/mol. The Kier molecular flexibility index (Phi) is 3.07. The van der Waals surface area contributed by atoms with Gasteiger partial charge in [-0.15, -0.1) is 17.8 Å². The van der Waals surface area contributed by atoms with E-state index < -0.39 is 12.1 Å². The topological polar surface area (TPSA) is 46.5 Å². The first-order chi connectivity index (χ1) is 6.19. The molecule has 0 aliphatic carbocycles. The number of methoxy groups -OCH3 is 1. The van der Waals surface area contributed by atoms with E-state index >= 15 is 0 Å². The van der Waals surface area contributed by atoms with Crippen LogP contribution in [0.15, 0.2) is 12.1 Å². The summed E-state index contributed by atoms with van der Waals surface area (Å²) in [6, 6.07) is 3.19. The third-order valence-corrected chi connectivity index (χ3v) is 2.56. The van der Waals surface area contributed by atoms with Gasteiger partial charge in [-0.3, -0.25) is 0 Å². The summed E-state index contributed by atoms with van der Waals surface area (Å²) in [5.41, 5.74) is 0. The number of thiophene rings is 1. The highest BCUT2D eigenvalue weighted by atomic mass is 32.1. The predicted molar refractivity (Wildman–Crippen MR) is 49.5 cm³/mol. The van der Waals surface area contributed by atoms with Crippen LogP contribution in [0.5, 0.6) is 0 Å². The normalized spacial score (nSPS) is 11.8. The molecule has 1 N–H and O–H groups in total. The molecular weight excluding hydrogens is 188 g/mol. The molecule has 68 valence electrons. The molecule has 3 nitrogen and oxygen atoms in total. The molecule has 4 heteroatoms.